The smallest absolute Gasteiger partial charge is 0.341 e. The van der Waals surface area contributed by atoms with Crippen LogP contribution >= 0.6 is 23.1 Å². The molecule has 0 saturated heterocycles. The van der Waals surface area contributed by atoms with Crippen molar-refractivity contribution in [3.63, 3.8) is 0 Å². The lowest BCUT2D eigenvalue weighted by molar-refractivity contribution is -0.115. The molecule has 4 aromatic rings. The zero-order valence-corrected chi connectivity index (χ0v) is 23.9. The van der Waals surface area contributed by atoms with Gasteiger partial charge in [0, 0.05) is 46.5 Å². The first-order chi connectivity index (χ1) is 19.9. The Bertz CT molecular complexity index is 1640. The monoisotopic (exact) mass is 590 g/mol. The second-order valence-electron chi connectivity index (χ2n) is 9.61. The molecule has 3 heterocycles. The lowest BCUT2D eigenvalue weighted by Crippen LogP contribution is -2.41. The fourth-order valence-electron chi connectivity index (χ4n) is 5.22. The van der Waals surface area contributed by atoms with Crippen LogP contribution < -0.4 is 5.32 Å². The first-order valence-electron chi connectivity index (χ1n) is 13.4. The third kappa shape index (κ3) is 5.24. The van der Waals surface area contributed by atoms with E-state index >= 15 is 0 Å². The van der Waals surface area contributed by atoms with Crippen LogP contribution in [0.15, 0.2) is 46.0 Å². The molecule has 0 unspecified atom stereocenters. The van der Waals surface area contributed by atoms with Crippen LogP contribution in [0.2, 0.25) is 0 Å². The molecular formula is C29H26N4O6S2. The molecule has 0 radical (unpaired) electrons. The van der Waals surface area contributed by atoms with E-state index in [4.69, 9.17) is 9.15 Å². The second kappa shape index (κ2) is 11.5. The van der Waals surface area contributed by atoms with Crippen molar-refractivity contribution < 1.29 is 28.3 Å². The van der Waals surface area contributed by atoms with Gasteiger partial charge in [-0.1, -0.05) is 36.0 Å². The first kappa shape index (κ1) is 27.2. The van der Waals surface area contributed by atoms with Gasteiger partial charge in [0.2, 0.25) is 11.8 Å². The van der Waals surface area contributed by atoms with Crippen molar-refractivity contribution in [3.8, 4) is 0 Å². The number of amides is 3. The number of imide groups is 1. The highest BCUT2D eigenvalue weighted by Gasteiger charge is 2.33. The van der Waals surface area contributed by atoms with Gasteiger partial charge in [-0.25, -0.2) is 4.79 Å². The minimum Gasteiger partial charge on any atom is -0.462 e. The number of hydrogen-bond acceptors (Lipinski definition) is 10. The summed E-state index contributed by atoms with van der Waals surface area (Å²) in [5.41, 5.74) is 2.47. The Labute approximate surface area is 243 Å². The third-order valence-corrected chi connectivity index (χ3v) is 9.09. The van der Waals surface area contributed by atoms with Gasteiger partial charge in [0.15, 0.2) is 0 Å². The van der Waals surface area contributed by atoms with Gasteiger partial charge in [-0.15, -0.1) is 21.5 Å². The normalized spacial score (nSPS) is 14.0. The van der Waals surface area contributed by atoms with Crippen LogP contribution in [0, 0.1) is 0 Å². The molecular weight excluding hydrogens is 564 g/mol. The molecule has 2 aromatic heterocycles. The van der Waals surface area contributed by atoms with E-state index in [1.807, 2.05) is 12.1 Å². The van der Waals surface area contributed by atoms with Gasteiger partial charge in [0.05, 0.1) is 12.2 Å². The van der Waals surface area contributed by atoms with E-state index in [0.29, 0.717) is 43.9 Å². The number of anilines is 1. The van der Waals surface area contributed by atoms with Gasteiger partial charge in [-0.3, -0.25) is 19.3 Å². The molecule has 1 N–H and O–H groups in total. The number of aromatic nitrogens is 2. The van der Waals surface area contributed by atoms with Crippen molar-refractivity contribution in [2.75, 3.05) is 24.2 Å². The molecule has 2 aliphatic rings. The Kier molecular flexibility index (Phi) is 7.59. The molecule has 0 bridgehead atoms. The summed E-state index contributed by atoms with van der Waals surface area (Å²) in [6.07, 6.45) is 3.11. The van der Waals surface area contributed by atoms with Crippen LogP contribution in [-0.2, 0) is 28.8 Å². The van der Waals surface area contributed by atoms with E-state index in [0.717, 1.165) is 35.1 Å². The summed E-state index contributed by atoms with van der Waals surface area (Å²) in [5, 5.41) is 13.3. The molecule has 0 fully saturated rings. The van der Waals surface area contributed by atoms with E-state index in [1.54, 1.807) is 31.2 Å². The lowest BCUT2D eigenvalue weighted by atomic mass is 9.94. The Balaban J connectivity index is 1.02. The summed E-state index contributed by atoms with van der Waals surface area (Å²) >= 11 is 2.68. The van der Waals surface area contributed by atoms with E-state index in [9.17, 15) is 19.2 Å². The van der Waals surface area contributed by atoms with Gasteiger partial charge in [-0.05, 0) is 49.3 Å². The summed E-state index contributed by atoms with van der Waals surface area (Å²) in [4.78, 5) is 53.7. The van der Waals surface area contributed by atoms with Gasteiger partial charge in [-0.2, -0.15) is 0 Å². The average Bonchev–Trinajstić information content (AvgIpc) is 3.68. The maximum absolute atomic E-state index is 13.1. The van der Waals surface area contributed by atoms with E-state index in [-0.39, 0.29) is 43.7 Å². The van der Waals surface area contributed by atoms with Crippen molar-refractivity contribution in [1.82, 2.24) is 15.1 Å². The maximum atomic E-state index is 13.1. The zero-order chi connectivity index (χ0) is 28.5. The highest BCUT2D eigenvalue weighted by molar-refractivity contribution is 7.99. The standard InChI is InChI=1S/C29H26N4O6S2/c1-2-38-28(37)24-17-8-5-11-20(17)41-25(24)30-21(34)13-15-40-29-32-31-22(39-29)12-14-33-26(35)18-9-3-6-16-7-4-10-19(23(16)18)27(33)36/h3-4,6-7,9-10H,2,5,8,11-15H2,1H3,(H,30,34). The van der Waals surface area contributed by atoms with Gasteiger partial charge in [0.1, 0.15) is 5.00 Å². The summed E-state index contributed by atoms with van der Waals surface area (Å²) in [6, 6.07) is 10.8. The zero-order valence-electron chi connectivity index (χ0n) is 22.2. The number of hydrogen-bond donors (Lipinski definition) is 1. The number of thiophene rings is 1. The number of thioether (sulfide) groups is 1. The number of ether oxygens (including phenoxy) is 1. The molecule has 1 aliphatic heterocycles. The van der Waals surface area contributed by atoms with Crippen LogP contribution in [0.3, 0.4) is 0 Å². The summed E-state index contributed by atoms with van der Waals surface area (Å²) in [6.45, 7) is 2.13. The predicted octanol–water partition coefficient (Wildman–Crippen LogP) is 4.91. The summed E-state index contributed by atoms with van der Waals surface area (Å²) in [7, 11) is 0. The van der Waals surface area contributed by atoms with Gasteiger partial charge in [0.25, 0.3) is 17.0 Å². The fourth-order valence-corrected chi connectivity index (χ4v) is 7.23. The number of esters is 1. The highest BCUT2D eigenvalue weighted by Crippen LogP contribution is 2.39. The van der Waals surface area contributed by atoms with Crippen LogP contribution in [0.5, 0.6) is 0 Å². The number of rotatable bonds is 10. The Hall–Kier alpha value is -4.03. The van der Waals surface area contributed by atoms with Crippen molar-refractivity contribution in [1.29, 1.82) is 0 Å². The van der Waals surface area contributed by atoms with E-state index in [1.165, 1.54) is 28.0 Å². The molecule has 10 nitrogen and oxygen atoms in total. The number of aryl methyl sites for hydroxylation is 1. The SMILES string of the molecule is CCOC(=O)c1c(NC(=O)CCSc2nnc(CCN3C(=O)c4cccc5cccc(c45)C3=O)o2)sc2c1CCC2. The number of nitrogens with one attached hydrogen (secondary N) is 1. The molecule has 6 rings (SSSR count). The van der Waals surface area contributed by atoms with Crippen molar-refractivity contribution >= 4 is 62.6 Å². The molecule has 2 aromatic carbocycles. The van der Waals surface area contributed by atoms with Crippen LogP contribution in [0.25, 0.3) is 10.8 Å². The number of carbonyl (C=O) groups is 4. The van der Waals surface area contributed by atoms with Gasteiger partial charge < -0.3 is 14.5 Å². The predicted molar refractivity (Wildman–Crippen MR) is 154 cm³/mol. The number of nitrogens with zero attached hydrogens (tertiary/aromatic N) is 3. The molecule has 3 amide bonds. The van der Waals surface area contributed by atoms with Crippen molar-refractivity contribution in [2.24, 2.45) is 0 Å². The highest BCUT2D eigenvalue weighted by atomic mass is 32.2. The number of benzene rings is 2. The van der Waals surface area contributed by atoms with Crippen molar-refractivity contribution in [3.05, 3.63) is 69.4 Å². The lowest BCUT2D eigenvalue weighted by Gasteiger charge is -2.26. The summed E-state index contributed by atoms with van der Waals surface area (Å²) in [5.74, 6) is -0.633. The van der Waals surface area contributed by atoms with E-state index in [2.05, 4.69) is 15.5 Å². The van der Waals surface area contributed by atoms with Gasteiger partial charge >= 0.3 is 5.97 Å². The third-order valence-electron chi connectivity index (χ3n) is 7.06. The quantitative estimate of drug-likeness (QED) is 0.155. The van der Waals surface area contributed by atoms with E-state index < -0.39 is 5.97 Å². The largest absolute Gasteiger partial charge is 0.462 e. The minimum absolute atomic E-state index is 0.102. The molecule has 0 saturated carbocycles. The van der Waals surface area contributed by atoms with Crippen LogP contribution in [0.4, 0.5) is 5.00 Å². The second-order valence-corrected chi connectivity index (χ2v) is 11.8. The van der Waals surface area contributed by atoms with Crippen molar-refractivity contribution in [2.45, 2.75) is 44.3 Å². The molecule has 0 spiro atoms. The molecule has 1 aliphatic carbocycles. The molecule has 0 atom stereocenters. The Morgan fingerprint density at radius 2 is 1.85 bits per heavy atom. The maximum Gasteiger partial charge on any atom is 0.341 e. The summed E-state index contributed by atoms with van der Waals surface area (Å²) < 4.78 is 10.9. The molecule has 41 heavy (non-hydrogen) atoms. The van der Waals surface area contributed by atoms with Crippen LogP contribution in [0.1, 0.15) is 67.2 Å². The number of fused-ring (bicyclic) bond motifs is 1. The molecule has 210 valence electrons. The Morgan fingerprint density at radius 3 is 2.59 bits per heavy atom. The fraction of sp³-hybridized carbons (Fsp3) is 0.310. The molecule has 12 heteroatoms. The average molecular weight is 591 g/mol. The van der Waals surface area contributed by atoms with Crippen LogP contribution in [-0.4, -0.2) is 57.7 Å². The number of carbonyl (C=O) groups excluding carboxylic acids is 4. The topological polar surface area (TPSA) is 132 Å². The first-order valence-corrected chi connectivity index (χ1v) is 15.2. The Morgan fingerprint density at radius 1 is 1.10 bits per heavy atom. The minimum atomic E-state index is -0.399.